The summed E-state index contributed by atoms with van der Waals surface area (Å²) < 4.78 is 76.7. The Kier molecular flexibility index (Phi) is 6.51. The molecule has 33 heavy (non-hydrogen) atoms. The number of H-pyrrole nitrogens is 1. The molecule has 0 bridgehead atoms. The molecular weight excluding hydrogens is 462 g/mol. The standard InChI is InChI=1S/C17H19F3N4O2.C2HF3O2/c1-9(11-5-16(6-11)7-21-8-16)22-13-4-10(14-23-24-15(25)26-14)2-3-12(13)17(18,19)20;3-2(4,5)1(6)7/h2-4,9,11,21-22H,5-8H2,1H3,(H,24,25);(H,6,7)/t9-;/m0./s1. The van der Waals surface area contributed by atoms with Crippen molar-refractivity contribution < 1.29 is 40.7 Å². The molecule has 0 amide bonds. The molecule has 1 aliphatic carbocycles. The van der Waals surface area contributed by atoms with Gasteiger partial charge in [-0.05, 0) is 49.3 Å². The second-order valence-electron chi connectivity index (χ2n) is 8.18. The van der Waals surface area contributed by atoms with Crippen LogP contribution in [0.1, 0.15) is 25.3 Å². The van der Waals surface area contributed by atoms with Crippen LogP contribution in [0.15, 0.2) is 27.4 Å². The highest BCUT2D eigenvalue weighted by Crippen LogP contribution is 2.50. The topological polar surface area (TPSA) is 120 Å². The van der Waals surface area contributed by atoms with Gasteiger partial charge in [-0.1, -0.05) is 0 Å². The summed E-state index contributed by atoms with van der Waals surface area (Å²) in [6.07, 6.45) is -7.53. The number of nitrogens with one attached hydrogen (secondary N) is 3. The van der Waals surface area contributed by atoms with Crippen molar-refractivity contribution in [2.45, 2.75) is 38.2 Å². The van der Waals surface area contributed by atoms with Gasteiger partial charge in [-0.25, -0.2) is 14.7 Å². The molecule has 0 radical (unpaired) electrons. The lowest BCUT2D eigenvalue weighted by Gasteiger charge is -2.56. The zero-order valence-electron chi connectivity index (χ0n) is 17.1. The number of rotatable bonds is 4. The highest BCUT2D eigenvalue weighted by atomic mass is 19.4. The van der Waals surface area contributed by atoms with Crippen LogP contribution in [0.5, 0.6) is 0 Å². The number of halogens is 6. The molecular formula is C19H20F6N4O4. The molecule has 8 nitrogen and oxygen atoms in total. The molecule has 2 aliphatic rings. The molecule has 1 saturated carbocycles. The maximum absolute atomic E-state index is 13.4. The van der Waals surface area contributed by atoms with E-state index in [0.29, 0.717) is 16.9 Å². The summed E-state index contributed by atoms with van der Waals surface area (Å²) in [4.78, 5) is 20.0. The summed E-state index contributed by atoms with van der Waals surface area (Å²) in [5, 5.41) is 19.2. The molecule has 182 valence electrons. The van der Waals surface area contributed by atoms with Gasteiger partial charge in [-0.15, -0.1) is 5.10 Å². The number of carboxylic acids is 1. The summed E-state index contributed by atoms with van der Waals surface area (Å²) in [5.74, 6) is -3.21. The van der Waals surface area contributed by atoms with Crippen LogP contribution in [-0.4, -0.2) is 46.6 Å². The third-order valence-corrected chi connectivity index (χ3v) is 5.73. The van der Waals surface area contributed by atoms with Gasteiger partial charge in [0.1, 0.15) is 0 Å². The predicted octanol–water partition coefficient (Wildman–Crippen LogP) is 3.48. The van der Waals surface area contributed by atoms with Crippen LogP contribution in [0.4, 0.5) is 32.0 Å². The second-order valence-corrected chi connectivity index (χ2v) is 8.18. The molecule has 1 aromatic heterocycles. The molecule has 14 heteroatoms. The number of carbonyl (C=O) groups is 1. The number of aromatic nitrogens is 2. The van der Waals surface area contributed by atoms with Gasteiger partial charge < -0.3 is 20.2 Å². The number of anilines is 1. The molecule has 2 fully saturated rings. The number of hydrogen-bond donors (Lipinski definition) is 4. The Labute approximate surface area is 182 Å². The SMILES string of the molecule is C[C@H](Nc1cc(-c2n[nH]c(=O)o2)ccc1C(F)(F)F)C1CC2(CNC2)C1.O=C(O)C(F)(F)F. The van der Waals surface area contributed by atoms with E-state index in [1.807, 2.05) is 6.92 Å². The summed E-state index contributed by atoms with van der Waals surface area (Å²) >= 11 is 0. The first-order chi connectivity index (χ1) is 15.2. The molecule has 0 unspecified atom stereocenters. The summed E-state index contributed by atoms with van der Waals surface area (Å²) in [7, 11) is 0. The molecule has 1 saturated heterocycles. The average Bonchev–Trinajstić information content (AvgIpc) is 3.04. The van der Waals surface area contributed by atoms with Gasteiger partial charge in [0.05, 0.1) is 5.56 Å². The average molecular weight is 482 g/mol. The first-order valence-electron chi connectivity index (χ1n) is 9.75. The highest BCUT2D eigenvalue weighted by Gasteiger charge is 2.50. The number of alkyl halides is 6. The van der Waals surface area contributed by atoms with Crippen molar-refractivity contribution in [1.29, 1.82) is 0 Å². The van der Waals surface area contributed by atoms with E-state index in [1.165, 1.54) is 12.1 Å². The first kappa shape index (κ1) is 24.6. The van der Waals surface area contributed by atoms with E-state index in [1.54, 1.807) is 0 Å². The smallest absolute Gasteiger partial charge is 0.475 e. The molecule has 1 spiro atoms. The molecule has 4 N–H and O–H groups in total. The van der Waals surface area contributed by atoms with E-state index in [-0.39, 0.29) is 17.6 Å². The summed E-state index contributed by atoms with van der Waals surface area (Å²) in [6.45, 7) is 3.90. The Morgan fingerprint density at radius 3 is 2.27 bits per heavy atom. The third-order valence-electron chi connectivity index (χ3n) is 5.73. The number of nitrogens with zero attached hydrogens (tertiary/aromatic N) is 1. The first-order valence-corrected chi connectivity index (χ1v) is 9.75. The van der Waals surface area contributed by atoms with E-state index < -0.39 is 29.6 Å². The zero-order valence-corrected chi connectivity index (χ0v) is 17.1. The Morgan fingerprint density at radius 1 is 1.24 bits per heavy atom. The Balaban J connectivity index is 0.000000383. The van der Waals surface area contributed by atoms with Gasteiger partial charge in [-0.2, -0.15) is 26.3 Å². The number of hydrogen-bond acceptors (Lipinski definition) is 6. The van der Waals surface area contributed by atoms with Crippen LogP contribution in [0, 0.1) is 11.3 Å². The quantitative estimate of drug-likeness (QED) is 0.493. The number of benzene rings is 1. The van der Waals surface area contributed by atoms with Crippen LogP contribution in [-0.2, 0) is 11.0 Å². The van der Waals surface area contributed by atoms with Crippen LogP contribution in [0.25, 0.3) is 11.5 Å². The highest BCUT2D eigenvalue weighted by molar-refractivity contribution is 5.73. The lowest BCUT2D eigenvalue weighted by molar-refractivity contribution is -0.192. The van der Waals surface area contributed by atoms with E-state index in [9.17, 15) is 31.1 Å². The van der Waals surface area contributed by atoms with Gasteiger partial charge in [0, 0.05) is 30.4 Å². The zero-order chi connectivity index (χ0) is 24.6. The minimum absolute atomic E-state index is 0.0270. The second kappa shape index (κ2) is 8.72. The molecule has 2 heterocycles. The van der Waals surface area contributed by atoms with Crippen molar-refractivity contribution in [1.82, 2.24) is 15.5 Å². The Hall–Kier alpha value is -3.03. The van der Waals surface area contributed by atoms with Crippen LogP contribution >= 0.6 is 0 Å². The number of aromatic amines is 1. The predicted molar refractivity (Wildman–Crippen MR) is 102 cm³/mol. The fourth-order valence-electron chi connectivity index (χ4n) is 3.93. The van der Waals surface area contributed by atoms with Crippen molar-refractivity contribution in [3.63, 3.8) is 0 Å². The summed E-state index contributed by atoms with van der Waals surface area (Å²) in [5.41, 5.74) is -0.112. The lowest BCUT2D eigenvalue weighted by Crippen LogP contribution is -2.62. The molecule has 1 aliphatic heterocycles. The molecule has 4 rings (SSSR count). The van der Waals surface area contributed by atoms with Crippen LogP contribution in [0.2, 0.25) is 0 Å². The third kappa shape index (κ3) is 5.67. The van der Waals surface area contributed by atoms with E-state index in [2.05, 4.69) is 20.8 Å². The normalized spacial score (nSPS) is 18.5. The van der Waals surface area contributed by atoms with Gasteiger partial charge >= 0.3 is 24.1 Å². The van der Waals surface area contributed by atoms with Gasteiger partial charge in [0.15, 0.2) is 0 Å². The number of aliphatic carboxylic acids is 1. The van der Waals surface area contributed by atoms with E-state index in [4.69, 9.17) is 14.3 Å². The van der Waals surface area contributed by atoms with Crippen molar-refractivity contribution in [2.24, 2.45) is 11.3 Å². The van der Waals surface area contributed by atoms with E-state index in [0.717, 1.165) is 32.0 Å². The minimum Gasteiger partial charge on any atom is -0.475 e. The van der Waals surface area contributed by atoms with Crippen LogP contribution < -0.4 is 16.4 Å². The maximum atomic E-state index is 13.4. The van der Waals surface area contributed by atoms with E-state index >= 15 is 0 Å². The fourth-order valence-corrected chi connectivity index (χ4v) is 3.93. The largest absolute Gasteiger partial charge is 0.490 e. The molecule has 2 aromatic rings. The van der Waals surface area contributed by atoms with Crippen molar-refractivity contribution >= 4 is 11.7 Å². The Morgan fingerprint density at radius 2 is 1.85 bits per heavy atom. The van der Waals surface area contributed by atoms with Crippen molar-refractivity contribution in [3.8, 4) is 11.5 Å². The lowest BCUT2D eigenvalue weighted by atomic mass is 9.57. The Bertz CT molecular complexity index is 1050. The monoisotopic (exact) mass is 482 g/mol. The minimum atomic E-state index is -5.08. The van der Waals surface area contributed by atoms with Crippen molar-refractivity contribution in [3.05, 3.63) is 34.3 Å². The number of carboxylic acid groups (broad SMARTS) is 1. The maximum Gasteiger partial charge on any atom is 0.490 e. The molecule has 1 aromatic carbocycles. The van der Waals surface area contributed by atoms with Gasteiger partial charge in [-0.3, -0.25) is 0 Å². The van der Waals surface area contributed by atoms with Crippen molar-refractivity contribution in [2.75, 3.05) is 18.4 Å². The van der Waals surface area contributed by atoms with Gasteiger partial charge in [0.25, 0.3) is 0 Å². The fraction of sp³-hybridized carbons (Fsp3) is 0.526. The summed E-state index contributed by atoms with van der Waals surface area (Å²) in [6, 6.07) is 3.47. The molecule has 1 atom stereocenters. The van der Waals surface area contributed by atoms with Gasteiger partial charge in [0.2, 0.25) is 5.89 Å². The van der Waals surface area contributed by atoms with Crippen LogP contribution in [0.3, 0.4) is 0 Å².